The number of ether oxygens (including phenoxy) is 2. The van der Waals surface area contributed by atoms with Crippen LogP contribution in [0.5, 0.6) is 5.75 Å². The molecule has 4 rings (SSSR count). The summed E-state index contributed by atoms with van der Waals surface area (Å²) in [5.74, 6) is -3.17. The van der Waals surface area contributed by atoms with Gasteiger partial charge in [0.05, 0.1) is 43.0 Å². The van der Waals surface area contributed by atoms with Crippen LogP contribution < -0.4 is 16.2 Å². The molecule has 0 bridgehead atoms. The molecule has 42 heavy (non-hydrogen) atoms. The number of carbonyl (C=O) groups excluding carboxylic acids is 2. The normalized spacial score (nSPS) is 15.7. The lowest BCUT2D eigenvalue weighted by Gasteiger charge is -2.27. The molecule has 6 N–H and O–H groups in total. The number of nitrogens with zero attached hydrogens (tertiary/aromatic N) is 3. The largest absolute Gasteiger partial charge is 0.481 e. The van der Waals surface area contributed by atoms with Gasteiger partial charge in [-0.2, -0.15) is 0 Å². The van der Waals surface area contributed by atoms with Crippen molar-refractivity contribution < 1.29 is 43.7 Å². The standard InChI is InChI=1S/C28H31N5O9/c29-27(30)31-19-5-1-18(2-6-19)26(39)41-20-7-3-17(4-8-23(34)33-9-11-40-12-10-33)21(13-20)22-14-28(42-32-22,15-24(35)36)16-25(37)38/h1-3,5-7,13H,4,8-12,14-16H2,(H,35,36)(H,37,38)(H4,29,30,31). The zero-order valence-corrected chi connectivity index (χ0v) is 22.7. The molecule has 0 aliphatic carbocycles. The van der Waals surface area contributed by atoms with Crippen molar-refractivity contribution >= 4 is 41.2 Å². The first-order valence-corrected chi connectivity index (χ1v) is 13.1. The van der Waals surface area contributed by atoms with Crippen molar-refractivity contribution in [2.45, 2.75) is 37.7 Å². The predicted octanol–water partition coefficient (Wildman–Crippen LogP) is 1.41. The first kappa shape index (κ1) is 30.0. The van der Waals surface area contributed by atoms with Crippen LogP contribution in [0.25, 0.3) is 0 Å². The zero-order valence-electron chi connectivity index (χ0n) is 22.7. The number of aliphatic imine (C=N–C) groups is 1. The summed E-state index contributed by atoms with van der Waals surface area (Å²) in [7, 11) is 0. The van der Waals surface area contributed by atoms with Crippen LogP contribution in [0.4, 0.5) is 5.69 Å². The number of aliphatic carboxylic acids is 2. The fourth-order valence-electron chi connectivity index (χ4n) is 4.77. The van der Waals surface area contributed by atoms with Gasteiger partial charge in [0.15, 0.2) is 11.6 Å². The number of amides is 1. The molecule has 1 saturated heterocycles. The molecule has 0 atom stereocenters. The SMILES string of the molecule is NC(N)=Nc1ccc(C(=O)Oc2ccc(CCC(=O)N3CCOCC3)c(C3=NOC(CC(=O)O)(CC(=O)O)C3)c2)cc1. The number of carboxylic acid groups (broad SMARTS) is 2. The maximum absolute atomic E-state index is 12.8. The van der Waals surface area contributed by atoms with Gasteiger partial charge >= 0.3 is 17.9 Å². The third kappa shape index (κ3) is 7.81. The molecule has 0 unspecified atom stereocenters. The fraction of sp³-hybridized carbons (Fsp3) is 0.357. The van der Waals surface area contributed by atoms with Crippen LogP contribution >= 0.6 is 0 Å². The molecular formula is C28H31N5O9. The second-order valence-corrected chi connectivity index (χ2v) is 9.92. The molecular weight excluding hydrogens is 550 g/mol. The van der Waals surface area contributed by atoms with Gasteiger partial charge in [0.2, 0.25) is 5.91 Å². The van der Waals surface area contributed by atoms with Gasteiger partial charge in [-0.05, 0) is 48.4 Å². The Morgan fingerprint density at radius 2 is 1.67 bits per heavy atom. The van der Waals surface area contributed by atoms with E-state index in [4.69, 9.17) is 25.8 Å². The number of nitrogens with two attached hydrogens (primary N) is 2. The topological polar surface area (TPSA) is 216 Å². The highest BCUT2D eigenvalue weighted by molar-refractivity contribution is 6.04. The number of hydrogen-bond acceptors (Lipinski definition) is 9. The lowest BCUT2D eigenvalue weighted by atomic mass is 9.86. The summed E-state index contributed by atoms with van der Waals surface area (Å²) in [5.41, 5.74) is 11.3. The Labute approximate surface area is 240 Å². The van der Waals surface area contributed by atoms with E-state index in [2.05, 4.69) is 10.1 Å². The van der Waals surface area contributed by atoms with Crippen molar-refractivity contribution in [2.24, 2.45) is 21.6 Å². The van der Waals surface area contributed by atoms with Crippen LogP contribution in [0.1, 0.15) is 47.2 Å². The third-order valence-electron chi connectivity index (χ3n) is 6.72. The highest BCUT2D eigenvalue weighted by Gasteiger charge is 2.44. The first-order valence-electron chi connectivity index (χ1n) is 13.1. The highest BCUT2D eigenvalue weighted by atomic mass is 16.7. The number of hydrogen-bond donors (Lipinski definition) is 4. The van der Waals surface area contributed by atoms with Crippen LogP contribution in [-0.2, 0) is 30.4 Å². The van der Waals surface area contributed by atoms with E-state index in [-0.39, 0.29) is 41.7 Å². The minimum absolute atomic E-state index is 0.0559. The fourth-order valence-corrected chi connectivity index (χ4v) is 4.77. The Morgan fingerprint density at radius 1 is 1.00 bits per heavy atom. The molecule has 2 aliphatic rings. The number of carbonyl (C=O) groups is 4. The van der Waals surface area contributed by atoms with Crippen molar-refractivity contribution in [2.75, 3.05) is 26.3 Å². The van der Waals surface area contributed by atoms with Gasteiger partial charge in [-0.1, -0.05) is 11.2 Å². The molecule has 2 aromatic rings. The molecule has 222 valence electrons. The molecule has 2 aromatic carbocycles. The maximum Gasteiger partial charge on any atom is 0.343 e. The van der Waals surface area contributed by atoms with E-state index in [9.17, 15) is 29.4 Å². The summed E-state index contributed by atoms with van der Waals surface area (Å²) in [6.45, 7) is 1.94. The van der Waals surface area contributed by atoms with E-state index >= 15 is 0 Å². The summed E-state index contributed by atoms with van der Waals surface area (Å²) >= 11 is 0. The molecule has 2 aliphatic heterocycles. The summed E-state index contributed by atoms with van der Waals surface area (Å²) in [4.78, 5) is 59.7. The van der Waals surface area contributed by atoms with Crippen LogP contribution in [0.3, 0.4) is 0 Å². The van der Waals surface area contributed by atoms with E-state index in [1.807, 2.05) is 0 Å². The first-order chi connectivity index (χ1) is 20.0. The third-order valence-corrected chi connectivity index (χ3v) is 6.72. The number of aryl methyl sites for hydroxylation is 1. The Kier molecular flexibility index (Phi) is 9.37. The van der Waals surface area contributed by atoms with Gasteiger partial charge in [-0.25, -0.2) is 9.79 Å². The molecule has 0 aromatic heterocycles. The maximum atomic E-state index is 12.8. The molecule has 0 spiro atoms. The second-order valence-electron chi connectivity index (χ2n) is 9.92. The quantitative estimate of drug-likeness (QED) is 0.129. The van der Waals surface area contributed by atoms with Crippen molar-refractivity contribution in [1.82, 2.24) is 4.90 Å². The Morgan fingerprint density at radius 3 is 2.29 bits per heavy atom. The van der Waals surface area contributed by atoms with Crippen LogP contribution in [-0.4, -0.2) is 82.5 Å². The monoisotopic (exact) mass is 581 g/mol. The molecule has 14 nitrogen and oxygen atoms in total. The summed E-state index contributed by atoms with van der Waals surface area (Å²) in [6, 6.07) is 10.9. The summed E-state index contributed by atoms with van der Waals surface area (Å²) < 4.78 is 10.9. The van der Waals surface area contributed by atoms with Crippen molar-refractivity contribution in [3.05, 3.63) is 59.2 Å². The molecule has 2 heterocycles. The van der Waals surface area contributed by atoms with Gasteiger partial charge in [0.25, 0.3) is 0 Å². The van der Waals surface area contributed by atoms with Crippen LogP contribution in [0.15, 0.2) is 52.6 Å². The summed E-state index contributed by atoms with van der Waals surface area (Å²) in [6.07, 6.45) is -0.795. The lowest BCUT2D eigenvalue weighted by molar-refractivity contribution is -0.151. The van der Waals surface area contributed by atoms with Gasteiger partial charge in [0, 0.05) is 31.5 Å². The Balaban J connectivity index is 1.58. The van der Waals surface area contributed by atoms with Crippen LogP contribution in [0, 0.1) is 0 Å². The Hall–Kier alpha value is -4.98. The van der Waals surface area contributed by atoms with Gasteiger partial charge < -0.3 is 40.9 Å². The van der Waals surface area contributed by atoms with E-state index in [1.165, 1.54) is 12.1 Å². The minimum atomic E-state index is -1.59. The van der Waals surface area contributed by atoms with E-state index in [0.717, 1.165) is 0 Å². The second kappa shape index (κ2) is 13.1. The molecule has 1 fully saturated rings. The van der Waals surface area contributed by atoms with Gasteiger partial charge in [-0.3, -0.25) is 14.4 Å². The van der Waals surface area contributed by atoms with Gasteiger partial charge in [0.1, 0.15) is 5.75 Å². The van der Waals surface area contributed by atoms with Crippen molar-refractivity contribution in [3.63, 3.8) is 0 Å². The van der Waals surface area contributed by atoms with Crippen molar-refractivity contribution in [1.29, 1.82) is 0 Å². The number of oxime groups is 1. The predicted molar refractivity (Wildman–Crippen MR) is 149 cm³/mol. The minimum Gasteiger partial charge on any atom is -0.481 e. The lowest BCUT2D eigenvalue weighted by Crippen LogP contribution is -2.40. The molecule has 14 heteroatoms. The van der Waals surface area contributed by atoms with Crippen molar-refractivity contribution in [3.8, 4) is 5.75 Å². The number of guanidine groups is 1. The van der Waals surface area contributed by atoms with E-state index in [1.54, 1.807) is 35.2 Å². The average Bonchev–Trinajstić information content (AvgIpc) is 3.34. The number of benzene rings is 2. The Bertz CT molecular complexity index is 1400. The van der Waals surface area contributed by atoms with Gasteiger partial charge in [-0.15, -0.1) is 0 Å². The summed E-state index contributed by atoms with van der Waals surface area (Å²) in [5, 5.41) is 22.8. The average molecular weight is 582 g/mol. The molecule has 1 amide bonds. The smallest absolute Gasteiger partial charge is 0.343 e. The van der Waals surface area contributed by atoms with E-state index in [0.29, 0.717) is 49.5 Å². The molecule has 0 saturated carbocycles. The molecule has 0 radical (unpaired) electrons. The number of rotatable bonds is 11. The van der Waals surface area contributed by atoms with E-state index < -0.39 is 36.4 Å². The highest BCUT2D eigenvalue weighted by Crippen LogP contribution is 2.35. The number of esters is 1. The van der Waals surface area contributed by atoms with Crippen LogP contribution in [0.2, 0.25) is 0 Å². The zero-order chi connectivity index (χ0) is 30.3. The number of carboxylic acids is 2. The number of morpholine rings is 1.